The zero-order valence-electron chi connectivity index (χ0n) is 7.31. The summed E-state index contributed by atoms with van der Waals surface area (Å²) in [6.45, 7) is 5.28. The molecule has 0 radical (unpaired) electrons. The van der Waals surface area contributed by atoms with Crippen LogP contribution in [0.1, 0.15) is 20.8 Å². The minimum absolute atomic E-state index is 0.480. The minimum Gasteiger partial charge on any atom is -0.434 e. The van der Waals surface area contributed by atoms with Crippen molar-refractivity contribution in [3.05, 3.63) is 0 Å². The Morgan fingerprint density at radius 1 is 1.42 bits per heavy atom. The molecule has 0 saturated heterocycles. The summed E-state index contributed by atoms with van der Waals surface area (Å²) in [5, 5.41) is 9.29. The van der Waals surface area contributed by atoms with Gasteiger partial charge in [0.25, 0.3) is 0 Å². The lowest BCUT2D eigenvalue weighted by Gasteiger charge is -2.25. The predicted octanol–water partition coefficient (Wildman–Crippen LogP) is 1.08. The summed E-state index contributed by atoms with van der Waals surface area (Å²) in [6.07, 6.45) is -1.12. The van der Waals surface area contributed by atoms with Crippen LogP contribution in [-0.2, 0) is 9.53 Å². The van der Waals surface area contributed by atoms with E-state index in [0.717, 1.165) is 0 Å². The molecule has 0 fully saturated rings. The number of carbonyl (C=O) groups is 1. The number of thiol groups is 2. The van der Waals surface area contributed by atoms with Crippen LogP contribution in [0.2, 0.25) is 0 Å². The zero-order chi connectivity index (χ0) is 9.94. The molecule has 5 heteroatoms. The quantitative estimate of drug-likeness (QED) is 0.363. The molecule has 0 rings (SSSR count). The molecule has 72 valence electrons. The molecule has 0 aliphatic carbocycles. The number of ether oxygens (including phenoxy) is 1. The van der Waals surface area contributed by atoms with Crippen molar-refractivity contribution < 1.29 is 14.6 Å². The maximum Gasteiger partial charge on any atom is 0.331 e. The number of esters is 1. The fraction of sp³-hybridized carbons (Fsp3) is 0.857. The Kier molecular flexibility index (Phi) is 4.44. The van der Waals surface area contributed by atoms with Gasteiger partial charge in [0.1, 0.15) is 4.58 Å². The highest BCUT2D eigenvalue weighted by molar-refractivity contribution is 8.00. The molecule has 3 nitrogen and oxygen atoms in total. The van der Waals surface area contributed by atoms with Crippen LogP contribution in [0.3, 0.4) is 0 Å². The third-order valence-corrected chi connectivity index (χ3v) is 1.60. The number of carbonyl (C=O) groups excluding carboxylic acids is 1. The summed E-state index contributed by atoms with van der Waals surface area (Å²) in [5.41, 5.74) is -0.480. The molecule has 0 saturated carbocycles. The fourth-order valence-corrected chi connectivity index (χ4v) is 0.469. The van der Waals surface area contributed by atoms with Gasteiger partial charge in [0.05, 0.1) is 0 Å². The molecule has 0 aromatic rings. The summed E-state index contributed by atoms with van der Waals surface area (Å²) >= 11 is 7.48. The second-order valence-electron chi connectivity index (χ2n) is 3.53. The van der Waals surface area contributed by atoms with Crippen LogP contribution in [-0.4, -0.2) is 21.9 Å². The number of hydrogen-bond donors (Lipinski definition) is 3. The van der Waals surface area contributed by atoms with E-state index in [4.69, 9.17) is 0 Å². The molecule has 0 aromatic heterocycles. The van der Waals surface area contributed by atoms with Gasteiger partial charge in [0, 0.05) is 5.41 Å². The maximum absolute atomic E-state index is 10.9. The molecule has 12 heavy (non-hydrogen) atoms. The monoisotopic (exact) mass is 210 g/mol. The Labute approximate surface area is 83.3 Å². The van der Waals surface area contributed by atoms with Crippen LogP contribution in [0, 0.1) is 5.41 Å². The van der Waals surface area contributed by atoms with E-state index in [1.165, 1.54) is 0 Å². The van der Waals surface area contributed by atoms with Crippen LogP contribution in [0.25, 0.3) is 0 Å². The fourth-order valence-electron chi connectivity index (χ4n) is 0.348. The molecule has 1 unspecified atom stereocenters. The Morgan fingerprint density at radius 3 is 2.08 bits per heavy atom. The van der Waals surface area contributed by atoms with Crippen LogP contribution >= 0.6 is 25.3 Å². The van der Waals surface area contributed by atoms with E-state index in [0.29, 0.717) is 0 Å². The van der Waals surface area contributed by atoms with Crippen LogP contribution in [0.15, 0.2) is 0 Å². The van der Waals surface area contributed by atoms with Gasteiger partial charge in [0.2, 0.25) is 6.29 Å². The SMILES string of the molecule is CC(C)(C)C(O)OC(=O)C(S)S. The number of rotatable bonds is 2. The molecule has 1 atom stereocenters. The molecular formula is C7H14O3S2. The highest BCUT2D eigenvalue weighted by Gasteiger charge is 2.27. The molecule has 0 bridgehead atoms. The topological polar surface area (TPSA) is 46.5 Å². The number of hydrogen-bond acceptors (Lipinski definition) is 5. The van der Waals surface area contributed by atoms with Gasteiger partial charge in [-0.05, 0) is 0 Å². The van der Waals surface area contributed by atoms with E-state index < -0.39 is 22.3 Å². The molecule has 0 aliphatic rings. The normalized spacial score (nSPS) is 14.6. The maximum atomic E-state index is 10.9. The Balaban J connectivity index is 4.02. The second kappa shape index (κ2) is 4.39. The summed E-state index contributed by atoms with van der Waals surface area (Å²) in [5.74, 6) is -0.635. The smallest absolute Gasteiger partial charge is 0.331 e. The van der Waals surface area contributed by atoms with E-state index in [9.17, 15) is 9.90 Å². The van der Waals surface area contributed by atoms with Gasteiger partial charge < -0.3 is 9.84 Å². The first-order valence-electron chi connectivity index (χ1n) is 3.50. The Morgan fingerprint density at radius 2 is 1.83 bits per heavy atom. The van der Waals surface area contributed by atoms with Crippen LogP contribution in [0.4, 0.5) is 0 Å². The van der Waals surface area contributed by atoms with Crippen molar-refractivity contribution in [2.24, 2.45) is 5.41 Å². The molecule has 0 spiro atoms. The highest BCUT2D eigenvalue weighted by Crippen LogP contribution is 2.21. The van der Waals surface area contributed by atoms with E-state index in [1.54, 1.807) is 20.8 Å². The lowest BCUT2D eigenvalue weighted by molar-refractivity contribution is -0.184. The average Bonchev–Trinajstić information content (AvgIpc) is 1.85. The van der Waals surface area contributed by atoms with E-state index in [2.05, 4.69) is 30.0 Å². The first kappa shape index (κ1) is 12.1. The van der Waals surface area contributed by atoms with Gasteiger partial charge in [-0.2, -0.15) is 25.3 Å². The highest BCUT2D eigenvalue weighted by atomic mass is 32.2. The molecule has 0 aromatic carbocycles. The Hall–Kier alpha value is 0.130. The van der Waals surface area contributed by atoms with Crippen molar-refractivity contribution in [2.75, 3.05) is 0 Å². The first-order valence-corrected chi connectivity index (χ1v) is 4.53. The predicted molar refractivity (Wildman–Crippen MR) is 53.3 cm³/mol. The molecule has 0 aliphatic heterocycles. The lowest BCUT2D eigenvalue weighted by Crippen LogP contribution is -2.32. The molecule has 0 amide bonds. The van der Waals surface area contributed by atoms with Gasteiger partial charge in [-0.3, -0.25) is 0 Å². The summed E-state index contributed by atoms with van der Waals surface area (Å²) in [7, 11) is 0. The van der Waals surface area contributed by atoms with Crippen molar-refractivity contribution in [1.29, 1.82) is 0 Å². The van der Waals surface area contributed by atoms with Crippen LogP contribution < -0.4 is 0 Å². The van der Waals surface area contributed by atoms with Gasteiger partial charge in [0.15, 0.2) is 0 Å². The molecule has 0 heterocycles. The van der Waals surface area contributed by atoms with Crippen molar-refractivity contribution >= 4 is 31.2 Å². The van der Waals surface area contributed by atoms with Crippen LogP contribution in [0.5, 0.6) is 0 Å². The van der Waals surface area contributed by atoms with Crippen molar-refractivity contribution in [3.8, 4) is 0 Å². The van der Waals surface area contributed by atoms with Crippen molar-refractivity contribution in [3.63, 3.8) is 0 Å². The summed E-state index contributed by atoms with van der Waals surface area (Å²) in [4.78, 5) is 10.9. The second-order valence-corrected chi connectivity index (χ2v) is 4.97. The third-order valence-electron chi connectivity index (χ3n) is 1.18. The number of aliphatic hydroxyl groups is 1. The lowest BCUT2D eigenvalue weighted by atomic mass is 9.96. The summed E-state index contributed by atoms with van der Waals surface area (Å²) in [6, 6.07) is 0. The largest absolute Gasteiger partial charge is 0.434 e. The molecule has 1 N–H and O–H groups in total. The average molecular weight is 210 g/mol. The van der Waals surface area contributed by atoms with Crippen molar-refractivity contribution in [1.82, 2.24) is 0 Å². The van der Waals surface area contributed by atoms with E-state index in [-0.39, 0.29) is 0 Å². The minimum atomic E-state index is -1.12. The number of aliphatic hydroxyl groups excluding tert-OH is 1. The Bertz CT molecular complexity index is 163. The van der Waals surface area contributed by atoms with Gasteiger partial charge >= 0.3 is 5.97 Å². The third kappa shape index (κ3) is 4.23. The molecular weight excluding hydrogens is 196 g/mol. The zero-order valence-corrected chi connectivity index (χ0v) is 9.10. The van der Waals surface area contributed by atoms with Gasteiger partial charge in [-0.25, -0.2) is 4.79 Å². The van der Waals surface area contributed by atoms with E-state index in [1.807, 2.05) is 0 Å². The van der Waals surface area contributed by atoms with Crippen molar-refractivity contribution in [2.45, 2.75) is 31.6 Å². The first-order chi connectivity index (χ1) is 5.25. The van der Waals surface area contributed by atoms with Gasteiger partial charge in [-0.1, -0.05) is 20.8 Å². The summed E-state index contributed by atoms with van der Waals surface area (Å²) < 4.78 is 3.84. The van der Waals surface area contributed by atoms with E-state index >= 15 is 0 Å². The standard InChI is InChI=1S/C7H14O3S2/c1-7(2,3)6(9)10-4(8)5(11)12/h5-6,9,11-12H,1-3H3. The van der Waals surface area contributed by atoms with Gasteiger partial charge in [-0.15, -0.1) is 0 Å².